The first-order valence-corrected chi connectivity index (χ1v) is 7.32. The summed E-state index contributed by atoms with van der Waals surface area (Å²) < 4.78 is 0. The van der Waals surface area contributed by atoms with E-state index in [1.807, 2.05) is 11.8 Å². The van der Waals surface area contributed by atoms with Crippen molar-refractivity contribution in [2.24, 2.45) is 0 Å². The maximum absolute atomic E-state index is 9.40. The lowest BCUT2D eigenvalue weighted by molar-refractivity contribution is 0.163. The summed E-state index contributed by atoms with van der Waals surface area (Å²) in [7, 11) is 0. The third-order valence-corrected chi connectivity index (χ3v) is 4.12. The molecule has 1 rings (SSSR count). The molecule has 0 aromatic heterocycles. The summed E-state index contributed by atoms with van der Waals surface area (Å²) in [4.78, 5) is 0. The highest BCUT2D eigenvalue weighted by Crippen LogP contribution is 2.25. The highest BCUT2D eigenvalue weighted by atomic mass is 32.2. The van der Waals surface area contributed by atoms with Gasteiger partial charge in [0.25, 0.3) is 0 Å². The molecule has 0 saturated heterocycles. The molecule has 1 fully saturated rings. The number of rotatable bonds is 9. The first kappa shape index (κ1) is 13.3. The van der Waals surface area contributed by atoms with Crippen LogP contribution in [0.5, 0.6) is 0 Å². The number of thioether (sulfide) groups is 1. The first-order chi connectivity index (χ1) is 7.20. The van der Waals surface area contributed by atoms with Crippen LogP contribution in [0.2, 0.25) is 0 Å². The van der Waals surface area contributed by atoms with Crippen LogP contribution < -0.4 is 5.32 Å². The smallest absolute Gasteiger partial charge is 0.0610 e. The van der Waals surface area contributed by atoms with E-state index in [-0.39, 0.29) is 12.1 Å². The average molecular weight is 231 g/mol. The Hall–Kier alpha value is 0.270. The predicted molar refractivity (Wildman–Crippen MR) is 68.5 cm³/mol. The molecule has 1 aliphatic rings. The number of aliphatic hydroxyl groups is 1. The van der Waals surface area contributed by atoms with Crippen LogP contribution in [-0.4, -0.2) is 34.8 Å². The number of aliphatic hydroxyl groups excluding tert-OH is 1. The van der Waals surface area contributed by atoms with Gasteiger partial charge in [0.15, 0.2) is 0 Å². The number of nitrogens with one attached hydrogen (secondary N) is 1. The molecule has 0 aromatic rings. The summed E-state index contributed by atoms with van der Waals surface area (Å²) in [6.45, 7) is 4.64. The van der Waals surface area contributed by atoms with Crippen LogP contribution in [0, 0.1) is 0 Å². The van der Waals surface area contributed by atoms with Gasteiger partial charge < -0.3 is 10.4 Å². The Morgan fingerprint density at radius 2 is 2.13 bits per heavy atom. The zero-order valence-corrected chi connectivity index (χ0v) is 10.9. The standard InChI is InChI=1S/C12H25NOS/c1-3-8-15-9-4-7-12(2,10-14)13-11-5-6-11/h11,13-14H,3-10H2,1-2H3. The molecule has 0 radical (unpaired) electrons. The molecule has 0 aromatic carbocycles. The zero-order chi connectivity index (χ0) is 11.1. The Morgan fingerprint density at radius 3 is 2.67 bits per heavy atom. The quantitative estimate of drug-likeness (QED) is 0.598. The molecule has 1 atom stereocenters. The second-order valence-corrected chi connectivity index (χ2v) is 6.08. The second kappa shape index (κ2) is 6.77. The van der Waals surface area contributed by atoms with Crippen LogP contribution in [0.15, 0.2) is 0 Å². The first-order valence-electron chi connectivity index (χ1n) is 6.16. The topological polar surface area (TPSA) is 32.3 Å². The minimum atomic E-state index is -0.0338. The van der Waals surface area contributed by atoms with Crippen LogP contribution in [0.3, 0.4) is 0 Å². The van der Waals surface area contributed by atoms with E-state index in [0.29, 0.717) is 6.04 Å². The summed E-state index contributed by atoms with van der Waals surface area (Å²) in [5, 5.41) is 12.9. The molecular weight excluding hydrogens is 206 g/mol. The molecule has 0 aliphatic heterocycles. The van der Waals surface area contributed by atoms with Gasteiger partial charge in [-0.05, 0) is 50.5 Å². The second-order valence-electron chi connectivity index (χ2n) is 4.85. The third-order valence-electron chi connectivity index (χ3n) is 2.84. The van der Waals surface area contributed by atoms with Gasteiger partial charge in [0.2, 0.25) is 0 Å². The van der Waals surface area contributed by atoms with Gasteiger partial charge in [-0.2, -0.15) is 11.8 Å². The fourth-order valence-electron chi connectivity index (χ4n) is 1.73. The SMILES string of the molecule is CCCSCCCC(C)(CO)NC1CC1. The molecule has 0 heterocycles. The fraction of sp³-hybridized carbons (Fsp3) is 1.00. The molecule has 0 amide bonds. The Labute approximate surface area is 98.2 Å². The molecule has 1 unspecified atom stereocenters. The van der Waals surface area contributed by atoms with Gasteiger partial charge in [-0.3, -0.25) is 0 Å². The Morgan fingerprint density at radius 1 is 1.40 bits per heavy atom. The zero-order valence-electron chi connectivity index (χ0n) is 10.1. The lowest BCUT2D eigenvalue weighted by Gasteiger charge is -2.29. The summed E-state index contributed by atoms with van der Waals surface area (Å²) in [5.41, 5.74) is -0.0338. The van der Waals surface area contributed by atoms with Gasteiger partial charge in [0.1, 0.15) is 0 Å². The normalized spacial score (nSPS) is 20.2. The van der Waals surface area contributed by atoms with E-state index in [1.165, 1.54) is 37.2 Å². The van der Waals surface area contributed by atoms with Gasteiger partial charge in [0.05, 0.1) is 6.61 Å². The Bertz CT molecular complexity index is 173. The highest BCUT2D eigenvalue weighted by molar-refractivity contribution is 7.99. The van der Waals surface area contributed by atoms with Gasteiger partial charge >= 0.3 is 0 Å². The molecule has 1 saturated carbocycles. The van der Waals surface area contributed by atoms with Crippen LogP contribution in [0.1, 0.15) is 46.0 Å². The predicted octanol–water partition coefficient (Wildman–Crippen LogP) is 2.41. The van der Waals surface area contributed by atoms with Crippen LogP contribution in [0.25, 0.3) is 0 Å². The molecule has 90 valence electrons. The van der Waals surface area contributed by atoms with Crippen LogP contribution >= 0.6 is 11.8 Å². The molecule has 2 nitrogen and oxygen atoms in total. The van der Waals surface area contributed by atoms with E-state index in [2.05, 4.69) is 19.2 Å². The van der Waals surface area contributed by atoms with Crippen molar-refractivity contribution in [2.45, 2.75) is 57.5 Å². The maximum atomic E-state index is 9.40. The molecule has 1 aliphatic carbocycles. The van der Waals surface area contributed by atoms with Crippen LogP contribution in [-0.2, 0) is 0 Å². The van der Waals surface area contributed by atoms with E-state index in [9.17, 15) is 5.11 Å². The monoisotopic (exact) mass is 231 g/mol. The lowest BCUT2D eigenvalue weighted by atomic mass is 9.97. The number of hydrogen-bond donors (Lipinski definition) is 2. The van der Waals surface area contributed by atoms with Crippen molar-refractivity contribution < 1.29 is 5.11 Å². The Kier molecular flexibility index (Phi) is 6.02. The van der Waals surface area contributed by atoms with E-state index in [1.54, 1.807) is 0 Å². The van der Waals surface area contributed by atoms with Crippen molar-refractivity contribution >= 4 is 11.8 Å². The highest BCUT2D eigenvalue weighted by Gasteiger charge is 2.31. The minimum absolute atomic E-state index is 0.0338. The molecule has 0 bridgehead atoms. The minimum Gasteiger partial charge on any atom is -0.394 e. The Balaban J connectivity index is 2.08. The summed E-state index contributed by atoms with van der Waals surface area (Å²) in [5.74, 6) is 2.50. The van der Waals surface area contributed by atoms with Gasteiger partial charge in [0, 0.05) is 11.6 Å². The van der Waals surface area contributed by atoms with Crippen molar-refractivity contribution in [1.29, 1.82) is 0 Å². The summed E-state index contributed by atoms with van der Waals surface area (Å²) in [6.07, 6.45) is 6.15. The molecule has 0 spiro atoms. The van der Waals surface area contributed by atoms with E-state index < -0.39 is 0 Å². The van der Waals surface area contributed by atoms with Gasteiger partial charge in [-0.25, -0.2) is 0 Å². The average Bonchev–Trinajstić information content (AvgIpc) is 3.01. The largest absolute Gasteiger partial charge is 0.394 e. The van der Waals surface area contributed by atoms with Crippen molar-refractivity contribution in [3.8, 4) is 0 Å². The van der Waals surface area contributed by atoms with Crippen molar-refractivity contribution in [2.75, 3.05) is 18.1 Å². The molecule has 2 N–H and O–H groups in total. The van der Waals surface area contributed by atoms with E-state index in [0.717, 1.165) is 6.42 Å². The van der Waals surface area contributed by atoms with Crippen molar-refractivity contribution in [3.05, 3.63) is 0 Å². The number of hydrogen-bond acceptors (Lipinski definition) is 3. The molecule has 15 heavy (non-hydrogen) atoms. The lowest BCUT2D eigenvalue weighted by Crippen LogP contribution is -2.47. The van der Waals surface area contributed by atoms with Gasteiger partial charge in [-0.1, -0.05) is 6.92 Å². The fourth-order valence-corrected chi connectivity index (χ4v) is 2.57. The van der Waals surface area contributed by atoms with E-state index >= 15 is 0 Å². The molecule has 3 heteroatoms. The maximum Gasteiger partial charge on any atom is 0.0610 e. The van der Waals surface area contributed by atoms with Gasteiger partial charge in [-0.15, -0.1) is 0 Å². The summed E-state index contributed by atoms with van der Waals surface area (Å²) in [6, 6.07) is 0.686. The third kappa shape index (κ3) is 5.79. The van der Waals surface area contributed by atoms with Crippen molar-refractivity contribution in [3.63, 3.8) is 0 Å². The summed E-state index contributed by atoms with van der Waals surface area (Å²) >= 11 is 2.03. The molecular formula is C12H25NOS. The van der Waals surface area contributed by atoms with E-state index in [4.69, 9.17) is 0 Å². The van der Waals surface area contributed by atoms with Crippen LogP contribution in [0.4, 0.5) is 0 Å². The van der Waals surface area contributed by atoms with Crippen molar-refractivity contribution in [1.82, 2.24) is 5.32 Å².